The van der Waals surface area contributed by atoms with Gasteiger partial charge in [-0.2, -0.15) is 0 Å². The second kappa shape index (κ2) is 14.4. The zero-order chi connectivity index (χ0) is 26.0. The van der Waals surface area contributed by atoms with Crippen molar-refractivity contribution in [2.45, 2.75) is 77.2 Å². The third-order valence-corrected chi connectivity index (χ3v) is 20.5. The number of hydrogen-bond donors (Lipinski definition) is 0. The number of hydrogen-bond acceptors (Lipinski definition) is 1. The van der Waals surface area contributed by atoms with Crippen molar-refractivity contribution in [2.75, 3.05) is 0 Å². The summed E-state index contributed by atoms with van der Waals surface area (Å²) in [6.07, 6.45) is 7.17. The van der Waals surface area contributed by atoms with Crippen molar-refractivity contribution >= 4 is 54.7 Å². The van der Waals surface area contributed by atoms with Crippen LogP contribution in [0.15, 0.2) is 91.0 Å². The van der Waals surface area contributed by atoms with Crippen molar-refractivity contribution in [3.8, 4) is 0 Å². The molecule has 0 heterocycles. The minimum absolute atomic E-state index is 0.605. The van der Waals surface area contributed by atoms with Gasteiger partial charge in [-0.3, -0.25) is 0 Å². The number of benzene rings is 3. The molecule has 0 spiro atoms. The molecule has 0 aliphatic heterocycles. The van der Waals surface area contributed by atoms with E-state index in [4.69, 9.17) is 4.43 Å². The molecule has 36 heavy (non-hydrogen) atoms. The molecule has 4 rings (SSSR count). The van der Waals surface area contributed by atoms with Gasteiger partial charge in [0.1, 0.15) is 0 Å². The van der Waals surface area contributed by atoms with E-state index in [1.165, 1.54) is 42.8 Å². The molecule has 0 bridgehead atoms. The molecule has 5 heteroatoms. The van der Waals surface area contributed by atoms with Crippen LogP contribution in [0, 0.1) is 5.92 Å². The topological polar surface area (TPSA) is 9.23 Å². The Morgan fingerprint density at radius 3 is 1.36 bits per heavy atom. The molecule has 3 aromatic rings. The summed E-state index contributed by atoms with van der Waals surface area (Å²) >= 11 is -1.98. The van der Waals surface area contributed by atoms with Crippen molar-refractivity contribution < 1.29 is 4.43 Å². The first-order chi connectivity index (χ1) is 17.1. The van der Waals surface area contributed by atoms with Crippen LogP contribution in [-0.4, -0.2) is 41.7 Å². The van der Waals surface area contributed by atoms with E-state index in [9.17, 15) is 0 Å². The second-order valence-corrected chi connectivity index (χ2v) is 34.2. The Hall–Kier alpha value is -0.718. The maximum absolute atomic E-state index is 6.54. The first-order valence-corrected chi connectivity index (χ1v) is 26.9. The predicted octanol–water partition coefficient (Wildman–Crippen LogP) is 7.46. The van der Waals surface area contributed by atoms with E-state index < -0.39 is 35.8 Å². The third-order valence-electron chi connectivity index (χ3n) is 6.32. The van der Waals surface area contributed by atoms with Crippen LogP contribution in [0.3, 0.4) is 0 Å². The molecular weight excluding hydrogens is 594 g/mol. The Morgan fingerprint density at radius 2 is 1.03 bits per heavy atom. The van der Waals surface area contributed by atoms with Gasteiger partial charge >= 0.3 is 121 Å². The fourth-order valence-electron chi connectivity index (χ4n) is 4.80. The normalized spacial score (nSPS) is 16.1. The third kappa shape index (κ3) is 10.6. The summed E-state index contributed by atoms with van der Waals surface area (Å²) < 4.78 is 11.1. The first-order valence-electron chi connectivity index (χ1n) is 13.6. The fraction of sp³-hybridized carbons (Fsp3) is 0.419. The SMILES string of the molecule is C[Si](C)(C)OC(P[Si](C)(C)C)C1CCCCC1.c1cc[c]([Sn]([c]2ccccc2)[c]2ccccc2)cc1. The average molecular weight is 641 g/mol. The maximum atomic E-state index is 6.54. The summed E-state index contributed by atoms with van der Waals surface area (Å²) in [4.78, 5) is 0. The average Bonchev–Trinajstić information content (AvgIpc) is 2.85. The van der Waals surface area contributed by atoms with Crippen LogP contribution in [-0.2, 0) is 4.43 Å². The van der Waals surface area contributed by atoms with Gasteiger partial charge in [-0.15, -0.1) is 8.13 Å². The van der Waals surface area contributed by atoms with Crippen LogP contribution in [0.5, 0.6) is 0 Å². The van der Waals surface area contributed by atoms with E-state index in [2.05, 4.69) is 130 Å². The molecule has 1 fully saturated rings. The van der Waals surface area contributed by atoms with Gasteiger partial charge in [-0.25, -0.2) is 0 Å². The zero-order valence-corrected chi connectivity index (χ0v) is 29.1. The number of rotatable bonds is 8. The van der Waals surface area contributed by atoms with E-state index >= 15 is 0 Å². The van der Waals surface area contributed by atoms with Gasteiger partial charge in [0.15, 0.2) is 8.32 Å². The van der Waals surface area contributed by atoms with Crippen LogP contribution in [0.1, 0.15) is 32.1 Å². The summed E-state index contributed by atoms with van der Waals surface area (Å²) in [6, 6.07) is 32.9. The van der Waals surface area contributed by atoms with E-state index in [0.29, 0.717) is 5.85 Å². The van der Waals surface area contributed by atoms with E-state index in [0.717, 1.165) is 14.0 Å². The first kappa shape index (κ1) is 29.8. The Bertz CT molecular complexity index is 888. The molecule has 3 aromatic carbocycles. The van der Waals surface area contributed by atoms with Crippen molar-refractivity contribution in [2.24, 2.45) is 5.92 Å². The summed E-state index contributed by atoms with van der Waals surface area (Å²) in [6.45, 7) is 14.5. The van der Waals surface area contributed by atoms with Crippen LogP contribution < -0.4 is 10.7 Å². The van der Waals surface area contributed by atoms with Crippen LogP contribution in [0.4, 0.5) is 0 Å². The van der Waals surface area contributed by atoms with Crippen molar-refractivity contribution in [3.63, 3.8) is 0 Å². The molecular formula is C31H46OPSi2Sn. The van der Waals surface area contributed by atoms with Gasteiger partial charge < -0.3 is 4.43 Å². The molecule has 1 aliphatic rings. The van der Waals surface area contributed by atoms with Gasteiger partial charge in [0, 0.05) is 0 Å². The van der Waals surface area contributed by atoms with Crippen molar-refractivity contribution in [3.05, 3.63) is 91.0 Å². The minimum atomic E-state index is -1.98. The van der Waals surface area contributed by atoms with Crippen molar-refractivity contribution in [1.82, 2.24) is 0 Å². The van der Waals surface area contributed by atoms with Gasteiger partial charge in [0.05, 0.1) is 13.6 Å². The molecule has 0 N–H and O–H groups in total. The van der Waals surface area contributed by atoms with Crippen LogP contribution in [0.25, 0.3) is 0 Å². The summed E-state index contributed by atoms with van der Waals surface area (Å²) in [7, 11) is -1.27. The molecule has 0 aromatic heterocycles. The molecule has 1 radical (unpaired) electrons. The van der Waals surface area contributed by atoms with E-state index in [-0.39, 0.29) is 0 Å². The Balaban J connectivity index is 0.000000202. The quantitative estimate of drug-likeness (QED) is 0.184. The van der Waals surface area contributed by atoms with Gasteiger partial charge in [-0.05, 0) is 38.4 Å². The molecule has 0 amide bonds. The summed E-state index contributed by atoms with van der Waals surface area (Å²) in [5.74, 6) is 1.48. The van der Waals surface area contributed by atoms with Gasteiger partial charge in [0.25, 0.3) is 0 Å². The second-order valence-electron chi connectivity index (χ2n) is 11.9. The molecule has 1 nitrogen and oxygen atoms in total. The van der Waals surface area contributed by atoms with Crippen LogP contribution in [0.2, 0.25) is 39.3 Å². The summed E-state index contributed by atoms with van der Waals surface area (Å²) in [5, 5.41) is 0. The standard InChI is InChI=1S/C13H31OPSi2.3C6H5.Sn/c1-16(2,3)14-13(15-17(4,5)6)12-10-8-7-9-11-12;3*1-2-4-6-5-3-1;/h12-13,15H,7-11H2,1-6H3;3*1-5H;. The molecule has 193 valence electrons. The van der Waals surface area contributed by atoms with E-state index in [1.54, 1.807) is 0 Å². The van der Waals surface area contributed by atoms with Crippen molar-refractivity contribution in [1.29, 1.82) is 0 Å². The molecule has 2 unspecified atom stereocenters. The predicted molar refractivity (Wildman–Crippen MR) is 170 cm³/mol. The Kier molecular flexibility index (Phi) is 12.0. The monoisotopic (exact) mass is 641 g/mol. The molecule has 2 atom stereocenters. The molecule has 1 saturated carbocycles. The fourth-order valence-corrected chi connectivity index (χ4v) is 19.6. The molecule has 0 saturated heterocycles. The zero-order valence-electron chi connectivity index (χ0n) is 23.3. The Labute approximate surface area is 232 Å². The van der Waals surface area contributed by atoms with Crippen LogP contribution >= 0.6 is 8.13 Å². The Morgan fingerprint density at radius 1 is 0.639 bits per heavy atom. The summed E-state index contributed by atoms with van der Waals surface area (Å²) in [5.41, 5.74) is 0. The molecule has 1 aliphatic carbocycles. The van der Waals surface area contributed by atoms with E-state index in [1.807, 2.05) is 0 Å². The van der Waals surface area contributed by atoms with Gasteiger partial charge in [0.2, 0.25) is 0 Å². The van der Waals surface area contributed by atoms with Gasteiger partial charge in [-0.1, -0.05) is 38.9 Å².